The van der Waals surface area contributed by atoms with E-state index in [0.717, 1.165) is 27.4 Å². The first kappa shape index (κ1) is 17.4. The molecule has 1 heterocycles. The average molecular weight is 280 g/mol. The second kappa shape index (κ2) is 9.39. The summed E-state index contributed by atoms with van der Waals surface area (Å²) in [6.07, 6.45) is 6.97. The Morgan fingerprint density at radius 1 is 1.22 bits per heavy atom. The molecule has 7 heteroatoms. The Balaban J connectivity index is 0.000000360. The van der Waals surface area contributed by atoms with Crippen molar-refractivity contribution in [1.82, 2.24) is 9.80 Å². The summed E-state index contributed by atoms with van der Waals surface area (Å²) in [7, 11) is -1.45. The molecule has 0 aliphatic carbocycles. The molecule has 0 atom stereocenters. The van der Waals surface area contributed by atoms with Gasteiger partial charge in [-0.1, -0.05) is 13.3 Å². The molecule has 0 aromatic carbocycles. The predicted molar refractivity (Wildman–Crippen MR) is 71.8 cm³/mol. The minimum Gasteiger partial charge on any atom is -0.359 e. The van der Waals surface area contributed by atoms with Gasteiger partial charge in [-0.05, 0) is 13.3 Å². The van der Waals surface area contributed by atoms with Gasteiger partial charge in [0, 0.05) is 39.7 Å². The molecule has 1 aliphatic heterocycles. The van der Waals surface area contributed by atoms with Crippen molar-refractivity contribution in [2.75, 3.05) is 34.0 Å². The van der Waals surface area contributed by atoms with E-state index in [1.807, 2.05) is 0 Å². The molecule has 1 rings (SSSR count). The second-order valence-corrected chi connectivity index (χ2v) is 5.51. The number of phosphoric ester groups is 1. The summed E-state index contributed by atoms with van der Waals surface area (Å²) < 4.78 is 18.0. The predicted octanol–water partition coefficient (Wildman–Crippen LogP) is 2.23. The highest BCUT2D eigenvalue weighted by atomic mass is 31.2. The summed E-state index contributed by atoms with van der Waals surface area (Å²) in [6, 6.07) is 0. The molecule has 0 amide bonds. The van der Waals surface area contributed by atoms with E-state index in [1.54, 1.807) is 0 Å². The lowest BCUT2D eigenvalue weighted by Gasteiger charge is -2.19. The third-order valence-corrected chi connectivity index (χ3v) is 3.44. The zero-order valence-corrected chi connectivity index (χ0v) is 12.6. The van der Waals surface area contributed by atoms with Gasteiger partial charge in [-0.15, -0.1) is 0 Å². The number of rotatable bonds is 6. The molecule has 0 aromatic rings. The molecule has 1 aliphatic rings. The third-order valence-electron chi connectivity index (χ3n) is 2.52. The van der Waals surface area contributed by atoms with Crippen molar-refractivity contribution in [2.24, 2.45) is 0 Å². The Morgan fingerprint density at radius 3 is 2.11 bits per heavy atom. The van der Waals surface area contributed by atoms with Crippen LogP contribution in [0.2, 0.25) is 0 Å². The number of unbranched alkanes of at least 4 members (excludes halogenated alkanes) is 1. The van der Waals surface area contributed by atoms with Gasteiger partial charge >= 0.3 is 7.82 Å². The van der Waals surface area contributed by atoms with Crippen LogP contribution in [-0.4, -0.2) is 48.7 Å². The number of hydrogen-bond acceptors (Lipinski definition) is 5. The third kappa shape index (κ3) is 7.71. The van der Waals surface area contributed by atoms with Crippen LogP contribution in [-0.2, 0) is 13.6 Å². The Bertz CT molecular complexity index is 278. The van der Waals surface area contributed by atoms with E-state index in [1.165, 1.54) is 19.4 Å². The molecule has 1 N–H and O–H groups in total. The fourth-order valence-electron chi connectivity index (χ4n) is 1.30. The van der Waals surface area contributed by atoms with Gasteiger partial charge in [0.1, 0.15) is 0 Å². The van der Waals surface area contributed by atoms with E-state index in [-0.39, 0.29) is 0 Å². The van der Waals surface area contributed by atoms with Crippen LogP contribution in [0.5, 0.6) is 0 Å². The molecular weight excluding hydrogens is 255 g/mol. The summed E-state index contributed by atoms with van der Waals surface area (Å²) in [6.45, 7) is 7.85. The lowest BCUT2D eigenvalue weighted by Crippen LogP contribution is -2.25. The Labute approximate surface area is 110 Å². The first-order chi connectivity index (χ1) is 8.49. The van der Waals surface area contributed by atoms with E-state index in [4.69, 9.17) is 4.89 Å². The van der Waals surface area contributed by atoms with Gasteiger partial charge in [-0.2, -0.15) is 0 Å². The minimum atomic E-state index is -3.65. The van der Waals surface area contributed by atoms with Crippen LogP contribution in [0.15, 0.2) is 12.4 Å². The lowest BCUT2D eigenvalue weighted by atomic mass is 10.3. The van der Waals surface area contributed by atoms with Crippen molar-refractivity contribution in [3.05, 3.63) is 12.4 Å². The highest BCUT2D eigenvalue weighted by Gasteiger charge is 2.13. The van der Waals surface area contributed by atoms with Crippen LogP contribution in [0.25, 0.3) is 0 Å². The van der Waals surface area contributed by atoms with Gasteiger partial charge < -0.3 is 14.7 Å². The number of nitrogens with zero attached hydrogens (tertiary/aromatic N) is 2. The van der Waals surface area contributed by atoms with Crippen LogP contribution in [0, 0.1) is 0 Å². The first-order valence-electron chi connectivity index (χ1n) is 6.09. The number of phosphoric acid groups is 1. The summed E-state index contributed by atoms with van der Waals surface area (Å²) in [5.41, 5.74) is 0. The minimum absolute atomic E-state index is 1.09. The standard InChI is InChI=1S/C9H18N2.C2H7O4P/c1-3-5-6-11-8-7-10(4-2)9-11;1-5-7(3,4)6-2/h7-8H,3-6,9H2,1-2H3;1-2H3,(H,3,4). The Hall–Kier alpha value is -0.550. The maximum absolute atomic E-state index is 10.1. The largest absolute Gasteiger partial charge is 0.471 e. The molecule has 0 aromatic heterocycles. The van der Waals surface area contributed by atoms with Gasteiger partial charge in [0.15, 0.2) is 0 Å². The Kier molecular flexibility index (Phi) is 9.10. The van der Waals surface area contributed by atoms with E-state index < -0.39 is 7.82 Å². The van der Waals surface area contributed by atoms with Crippen LogP contribution in [0.3, 0.4) is 0 Å². The summed E-state index contributed by atoms with van der Waals surface area (Å²) in [4.78, 5) is 12.9. The lowest BCUT2D eigenvalue weighted by molar-refractivity contribution is 0.204. The smallest absolute Gasteiger partial charge is 0.359 e. The molecule has 0 saturated carbocycles. The van der Waals surface area contributed by atoms with Gasteiger partial charge in [0.05, 0.1) is 6.67 Å². The average Bonchev–Trinajstić information content (AvgIpc) is 2.85. The van der Waals surface area contributed by atoms with Crippen molar-refractivity contribution in [3.63, 3.8) is 0 Å². The fourth-order valence-corrected chi connectivity index (χ4v) is 1.45. The fraction of sp³-hybridized carbons (Fsp3) is 0.818. The molecular formula is C11H25N2O4P. The van der Waals surface area contributed by atoms with Crippen molar-refractivity contribution >= 4 is 7.82 Å². The van der Waals surface area contributed by atoms with Crippen molar-refractivity contribution in [2.45, 2.75) is 26.7 Å². The van der Waals surface area contributed by atoms with E-state index >= 15 is 0 Å². The van der Waals surface area contributed by atoms with E-state index in [2.05, 4.69) is 45.1 Å². The molecule has 108 valence electrons. The zero-order chi connectivity index (χ0) is 14.0. The SMILES string of the molecule is CCCCN1C=CN(CC)C1.COP(=O)(O)OC. The second-order valence-electron chi connectivity index (χ2n) is 3.84. The zero-order valence-electron chi connectivity index (χ0n) is 11.7. The maximum atomic E-state index is 10.1. The molecule has 18 heavy (non-hydrogen) atoms. The Morgan fingerprint density at radius 2 is 1.78 bits per heavy atom. The van der Waals surface area contributed by atoms with Gasteiger partial charge in [0.25, 0.3) is 0 Å². The van der Waals surface area contributed by atoms with Crippen molar-refractivity contribution in [1.29, 1.82) is 0 Å². The molecule has 0 unspecified atom stereocenters. The quantitative estimate of drug-likeness (QED) is 0.753. The highest BCUT2D eigenvalue weighted by molar-refractivity contribution is 7.47. The van der Waals surface area contributed by atoms with Gasteiger partial charge in [0.2, 0.25) is 0 Å². The van der Waals surface area contributed by atoms with Crippen LogP contribution < -0.4 is 0 Å². The van der Waals surface area contributed by atoms with E-state index in [9.17, 15) is 4.57 Å². The molecule has 0 saturated heterocycles. The molecule has 0 spiro atoms. The van der Waals surface area contributed by atoms with E-state index in [0.29, 0.717) is 0 Å². The highest BCUT2D eigenvalue weighted by Crippen LogP contribution is 2.40. The summed E-state index contributed by atoms with van der Waals surface area (Å²) in [5, 5.41) is 0. The summed E-state index contributed by atoms with van der Waals surface area (Å²) >= 11 is 0. The summed E-state index contributed by atoms with van der Waals surface area (Å²) in [5.74, 6) is 0. The van der Waals surface area contributed by atoms with Gasteiger partial charge in [-0.25, -0.2) is 4.57 Å². The normalized spacial score (nSPS) is 14.7. The molecule has 0 radical (unpaired) electrons. The molecule has 6 nitrogen and oxygen atoms in total. The van der Waals surface area contributed by atoms with Gasteiger partial charge in [-0.3, -0.25) is 9.05 Å². The van der Waals surface area contributed by atoms with Crippen molar-refractivity contribution in [3.8, 4) is 0 Å². The molecule has 0 bridgehead atoms. The molecule has 0 fully saturated rings. The first-order valence-corrected chi connectivity index (χ1v) is 7.59. The topological polar surface area (TPSA) is 62.2 Å². The van der Waals surface area contributed by atoms with Crippen LogP contribution >= 0.6 is 7.82 Å². The van der Waals surface area contributed by atoms with Crippen LogP contribution in [0.1, 0.15) is 26.7 Å². The van der Waals surface area contributed by atoms with Crippen molar-refractivity contribution < 1.29 is 18.5 Å². The maximum Gasteiger partial charge on any atom is 0.471 e. The monoisotopic (exact) mass is 280 g/mol. The van der Waals surface area contributed by atoms with Crippen LogP contribution in [0.4, 0.5) is 0 Å². The number of hydrogen-bond donors (Lipinski definition) is 1.